The molecule has 4 heteroatoms. The molecule has 0 bridgehead atoms. The average Bonchev–Trinajstić information content (AvgIpc) is 2.14. The monoisotopic (exact) mass is 210 g/mol. The minimum Gasteiger partial charge on any atom is -0.660 e. The maximum atomic E-state index is 5.41. The Labute approximate surface area is 124 Å². The zero-order valence-corrected chi connectivity index (χ0v) is 12.1. The molecule has 0 atom stereocenters. The summed E-state index contributed by atoms with van der Waals surface area (Å²) in [6, 6.07) is 0. The summed E-state index contributed by atoms with van der Waals surface area (Å²) in [6.07, 6.45) is 1.20. The molecule has 0 aliphatic carbocycles. The van der Waals surface area contributed by atoms with Gasteiger partial charge in [-0.3, -0.25) is 0 Å². The Hall–Kier alpha value is 1.52. The van der Waals surface area contributed by atoms with Crippen molar-refractivity contribution in [3.63, 3.8) is 0 Å². The van der Waals surface area contributed by atoms with Crippen LogP contribution in [0.2, 0.25) is 0 Å². The van der Waals surface area contributed by atoms with Crippen LogP contribution >= 0.6 is 0 Å². The fourth-order valence-corrected chi connectivity index (χ4v) is 1.37. The van der Waals surface area contributed by atoms with Crippen molar-refractivity contribution in [1.29, 1.82) is 0 Å². The molecule has 72 valence electrons. The van der Waals surface area contributed by atoms with Crippen molar-refractivity contribution in [1.82, 2.24) is 4.90 Å². The van der Waals surface area contributed by atoms with E-state index < -0.39 is 0 Å². The quantitative estimate of drug-likeness (QED) is 0.473. The summed E-state index contributed by atoms with van der Waals surface area (Å²) in [5, 5.41) is 4.35. The van der Waals surface area contributed by atoms with Crippen LogP contribution < -0.4 is 51.4 Å². The Morgan fingerprint density at radius 1 is 1.23 bits per heavy atom. The number of ether oxygens (including phenoxy) is 1. The normalized spacial score (nSPS) is 21.9. The molecule has 1 aliphatic heterocycles. The standard InChI is InChI=1S/C9H19N2O.K/c1-2-11-6-3-4-10-5-8-12-9-7-11;/h2-9H2,1H3;/q-1;+1. The van der Waals surface area contributed by atoms with Crippen LogP contribution in [0.1, 0.15) is 13.3 Å². The summed E-state index contributed by atoms with van der Waals surface area (Å²) in [5.41, 5.74) is 0. The van der Waals surface area contributed by atoms with E-state index in [0.29, 0.717) is 0 Å². The zero-order chi connectivity index (χ0) is 8.65. The molecule has 0 amide bonds. The molecule has 0 spiro atoms. The molecule has 1 fully saturated rings. The Morgan fingerprint density at radius 2 is 2.08 bits per heavy atom. The Bertz CT molecular complexity index is 104. The van der Waals surface area contributed by atoms with Crippen LogP contribution in [0.3, 0.4) is 0 Å². The van der Waals surface area contributed by atoms with Crippen LogP contribution in [0.5, 0.6) is 0 Å². The number of nitrogens with zero attached hydrogens (tertiary/aromatic N) is 2. The van der Waals surface area contributed by atoms with Crippen molar-refractivity contribution in [2.24, 2.45) is 0 Å². The number of hydrogen-bond acceptors (Lipinski definition) is 2. The van der Waals surface area contributed by atoms with E-state index in [2.05, 4.69) is 17.1 Å². The molecule has 3 nitrogen and oxygen atoms in total. The fraction of sp³-hybridized carbons (Fsp3) is 1.00. The molecule has 1 aliphatic rings. The third-order valence-electron chi connectivity index (χ3n) is 2.18. The molecule has 0 radical (unpaired) electrons. The Morgan fingerprint density at radius 3 is 2.85 bits per heavy atom. The van der Waals surface area contributed by atoms with Gasteiger partial charge in [-0.25, -0.2) is 0 Å². The topological polar surface area (TPSA) is 26.6 Å². The SMILES string of the molecule is CCN1CCC[N-]CCOCC1.[K+]. The van der Waals surface area contributed by atoms with Crippen molar-refractivity contribution >= 4 is 0 Å². The van der Waals surface area contributed by atoms with Crippen molar-refractivity contribution in [3.05, 3.63) is 5.32 Å². The van der Waals surface area contributed by atoms with Gasteiger partial charge in [-0.15, -0.1) is 13.1 Å². The van der Waals surface area contributed by atoms with Gasteiger partial charge in [-0.05, 0) is 13.1 Å². The number of likely N-dealkylation sites (N-methyl/N-ethyl adjacent to an activating group) is 1. The third kappa shape index (κ3) is 7.45. The minimum atomic E-state index is 0. The van der Waals surface area contributed by atoms with Crippen molar-refractivity contribution in [2.75, 3.05) is 45.9 Å². The van der Waals surface area contributed by atoms with Gasteiger partial charge in [0.15, 0.2) is 0 Å². The van der Waals surface area contributed by atoms with Crippen LogP contribution in [0.4, 0.5) is 0 Å². The van der Waals surface area contributed by atoms with Gasteiger partial charge in [-0.1, -0.05) is 13.3 Å². The van der Waals surface area contributed by atoms with Gasteiger partial charge in [-0.2, -0.15) is 0 Å². The maximum Gasteiger partial charge on any atom is 1.00 e. The largest absolute Gasteiger partial charge is 1.00 e. The summed E-state index contributed by atoms with van der Waals surface area (Å²) in [6.45, 7) is 9.12. The molecule has 0 unspecified atom stereocenters. The summed E-state index contributed by atoms with van der Waals surface area (Å²) in [5.74, 6) is 0. The van der Waals surface area contributed by atoms with Crippen LogP contribution in [0, 0.1) is 0 Å². The first kappa shape index (κ1) is 14.5. The summed E-state index contributed by atoms with van der Waals surface area (Å²) >= 11 is 0. The van der Waals surface area contributed by atoms with Crippen LogP contribution in [-0.2, 0) is 4.74 Å². The predicted octanol–water partition coefficient (Wildman–Crippen LogP) is -1.89. The molecular formula is C9H19KN2O. The first-order valence-electron chi connectivity index (χ1n) is 4.87. The van der Waals surface area contributed by atoms with E-state index in [1.165, 1.54) is 13.0 Å². The van der Waals surface area contributed by atoms with E-state index in [1.807, 2.05) is 0 Å². The van der Waals surface area contributed by atoms with Gasteiger partial charge in [0.05, 0.1) is 6.61 Å². The van der Waals surface area contributed by atoms with Crippen LogP contribution in [-0.4, -0.2) is 50.8 Å². The predicted molar refractivity (Wildman–Crippen MR) is 50.6 cm³/mol. The molecule has 1 saturated heterocycles. The molecule has 0 aromatic carbocycles. The molecule has 0 N–H and O–H groups in total. The smallest absolute Gasteiger partial charge is 0.660 e. The fourth-order valence-electron chi connectivity index (χ4n) is 1.37. The van der Waals surface area contributed by atoms with Crippen LogP contribution in [0.25, 0.3) is 5.32 Å². The maximum absolute atomic E-state index is 5.41. The first-order chi connectivity index (χ1) is 5.93. The Kier molecular flexibility index (Phi) is 11.2. The molecule has 1 rings (SSSR count). The van der Waals surface area contributed by atoms with E-state index in [-0.39, 0.29) is 51.4 Å². The summed E-state index contributed by atoms with van der Waals surface area (Å²) in [7, 11) is 0. The van der Waals surface area contributed by atoms with E-state index in [0.717, 1.165) is 39.4 Å². The second kappa shape index (κ2) is 10.0. The van der Waals surface area contributed by atoms with E-state index in [1.54, 1.807) is 0 Å². The van der Waals surface area contributed by atoms with E-state index in [9.17, 15) is 0 Å². The molecular weight excluding hydrogens is 191 g/mol. The first-order valence-corrected chi connectivity index (χ1v) is 4.87. The van der Waals surface area contributed by atoms with Gasteiger partial charge in [0, 0.05) is 13.2 Å². The van der Waals surface area contributed by atoms with E-state index >= 15 is 0 Å². The van der Waals surface area contributed by atoms with Crippen molar-refractivity contribution in [3.8, 4) is 0 Å². The second-order valence-electron chi connectivity index (χ2n) is 3.07. The van der Waals surface area contributed by atoms with Gasteiger partial charge in [0.1, 0.15) is 0 Å². The van der Waals surface area contributed by atoms with Crippen LogP contribution in [0.15, 0.2) is 0 Å². The minimum absolute atomic E-state index is 0. The van der Waals surface area contributed by atoms with Gasteiger partial charge in [0.25, 0.3) is 0 Å². The average molecular weight is 210 g/mol. The molecule has 0 saturated carbocycles. The molecule has 13 heavy (non-hydrogen) atoms. The molecule has 0 aromatic heterocycles. The van der Waals surface area contributed by atoms with Gasteiger partial charge in [0.2, 0.25) is 0 Å². The number of rotatable bonds is 1. The van der Waals surface area contributed by atoms with E-state index in [4.69, 9.17) is 4.74 Å². The van der Waals surface area contributed by atoms with Gasteiger partial charge < -0.3 is 15.0 Å². The third-order valence-corrected chi connectivity index (χ3v) is 2.18. The van der Waals surface area contributed by atoms with Crippen molar-refractivity contribution < 1.29 is 56.1 Å². The van der Waals surface area contributed by atoms with Gasteiger partial charge >= 0.3 is 51.4 Å². The second-order valence-corrected chi connectivity index (χ2v) is 3.07. The zero-order valence-electron chi connectivity index (χ0n) is 8.96. The molecule has 0 aromatic rings. The number of hydrogen-bond donors (Lipinski definition) is 0. The summed E-state index contributed by atoms with van der Waals surface area (Å²) < 4.78 is 5.41. The molecule has 1 heterocycles. The Balaban J connectivity index is 0.00000144. The summed E-state index contributed by atoms with van der Waals surface area (Å²) in [4.78, 5) is 2.42. The van der Waals surface area contributed by atoms with Crippen molar-refractivity contribution in [2.45, 2.75) is 13.3 Å².